The number of hydrogen-bond acceptors (Lipinski definition) is 1. The van der Waals surface area contributed by atoms with Crippen LogP contribution in [0.25, 0.3) is 21.5 Å². The number of fused-ring (bicyclic) bond motifs is 1. The van der Waals surface area contributed by atoms with Gasteiger partial charge in [-0.15, -0.1) is 11.3 Å². The van der Waals surface area contributed by atoms with Gasteiger partial charge in [-0.2, -0.15) is 0 Å². The van der Waals surface area contributed by atoms with E-state index in [-0.39, 0.29) is 0 Å². The van der Waals surface area contributed by atoms with E-state index >= 15 is 0 Å². The molecular formula is C15H14ClNS. The van der Waals surface area contributed by atoms with Gasteiger partial charge >= 0.3 is 0 Å². The first-order valence-electron chi connectivity index (χ1n) is 6.02. The number of aromatic amines is 1. The number of aromatic nitrogens is 1. The summed E-state index contributed by atoms with van der Waals surface area (Å²) >= 11 is 7.60. The van der Waals surface area contributed by atoms with Gasteiger partial charge in [-0.1, -0.05) is 43.6 Å². The van der Waals surface area contributed by atoms with E-state index in [1.807, 2.05) is 6.07 Å². The van der Waals surface area contributed by atoms with Gasteiger partial charge in [0.25, 0.3) is 0 Å². The zero-order valence-corrected chi connectivity index (χ0v) is 11.9. The van der Waals surface area contributed by atoms with E-state index in [1.165, 1.54) is 21.3 Å². The second-order valence-electron chi connectivity index (χ2n) is 4.75. The van der Waals surface area contributed by atoms with E-state index in [1.54, 1.807) is 11.3 Å². The molecule has 0 radical (unpaired) electrons. The van der Waals surface area contributed by atoms with Crippen LogP contribution in [0.2, 0.25) is 4.34 Å². The minimum Gasteiger partial charge on any atom is -0.354 e. The number of hydrogen-bond donors (Lipinski definition) is 1. The maximum Gasteiger partial charge on any atom is 0.0935 e. The molecule has 0 aliphatic rings. The number of halogens is 1. The average molecular weight is 276 g/mol. The van der Waals surface area contributed by atoms with Crippen molar-refractivity contribution >= 4 is 33.8 Å². The molecule has 0 fully saturated rings. The normalized spacial score (nSPS) is 11.6. The molecule has 0 aliphatic carbocycles. The van der Waals surface area contributed by atoms with Gasteiger partial charge in [-0.3, -0.25) is 0 Å². The molecule has 0 aliphatic heterocycles. The molecular weight excluding hydrogens is 262 g/mol. The Bertz CT molecular complexity index is 693. The van der Waals surface area contributed by atoms with E-state index in [0.717, 1.165) is 10.0 Å². The quantitative estimate of drug-likeness (QED) is 0.620. The first-order chi connectivity index (χ1) is 8.65. The van der Waals surface area contributed by atoms with Crippen LogP contribution in [0.1, 0.15) is 25.3 Å². The predicted octanol–water partition coefficient (Wildman–Crippen LogP) is 5.67. The number of para-hydroxylation sites is 1. The molecule has 3 rings (SSSR count). The van der Waals surface area contributed by atoms with E-state index in [9.17, 15) is 0 Å². The monoisotopic (exact) mass is 275 g/mol. The number of rotatable bonds is 2. The lowest BCUT2D eigenvalue weighted by Gasteiger charge is -2.06. The topological polar surface area (TPSA) is 15.8 Å². The summed E-state index contributed by atoms with van der Waals surface area (Å²) in [5.41, 5.74) is 3.75. The lowest BCUT2D eigenvalue weighted by molar-refractivity contribution is 0.874. The summed E-state index contributed by atoms with van der Waals surface area (Å²) in [6.45, 7) is 4.44. The Morgan fingerprint density at radius 1 is 1.17 bits per heavy atom. The Morgan fingerprint density at radius 3 is 2.67 bits per heavy atom. The average Bonchev–Trinajstić information content (AvgIpc) is 2.93. The standard InChI is InChI=1S/C15H14ClNS/c1-9(2)11-5-3-4-10-8-12(17-15(10)11)13-6-7-14(16)18-13/h3-9,17H,1-2H3. The smallest absolute Gasteiger partial charge is 0.0935 e. The summed E-state index contributed by atoms with van der Waals surface area (Å²) < 4.78 is 0.827. The second-order valence-corrected chi connectivity index (χ2v) is 6.47. The Labute approximate surface area is 115 Å². The van der Waals surface area contributed by atoms with Gasteiger partial charge in [0, 0.05) is 10.9 Å². The fourth-order valence-electron chi connectivity index (χ4n) is 2.25. The van der Waals surface area contributed by atoms with Crippen molar-refractivity contribution in [3.8, 4) is 10.6 Å². The third-order valence-corrected chi connectivity index (χ3v) is 4.41. The predicted molar refractivity (Wildman–Crippen MR) is 80.7 cm³/mol. The van der Waals surface area contributed by atoms with Gasteiger partial charge in [0.05, 0.1) is 14.9 Å². The number of nitrogens with one attached hydrogen (secondary N) is 1. The molecule has 3 heteroatoms. The molecule has 18 heavy (non-hydrogen) atoms. The lowest BCUT2D eigenvalue weighted by atomic mass is 10.0. The molecule has 3 aromatic rings. The Balaban J connectivity index is 2.19. The molecule has 0 unspecified atom stereocenters. The number of benzene rings is 1. The Kier molecular flexibility index (Phi) is 2.92. The third-order valence-electron chi connectivity index (χ3n) is 3.15. The van der Waals surface area contributed by atoms with Gasteiger partial charge in [0.2, 0.25) is 0 Å². The molecule has 1 aromatic carbocycles. The molecule has 0 saturated heterocycles. The fraction of sp³-hybridized carbons (Fsp3) is 0.200. The largest absolute Gasteiger partial charge is 0.354 e. The highest BCUT2D eigenvalue weighted by molar-refractivity contribution is 7.19. The van der Waals surface area contributed by atoms with Crippen LogP contribution in [0, 0.1) is 0 Å². The Hall–Kier alpha value is -1.25. The van der Waals surface area contributed by atoms with Gasteiger partial charge < -0.3 is 4.98 Å². The zero-order chi connectivity index (χ0) is 12.7. The molecule has 0 amide bonds. The molecule has 2 heterocycles. The number of H-pyrrole nitrogens is 1. The summed E-state index contributed by atoms with van der Waals surface area (Å²) in [6.07, 6.45) is 0. The molecule has 0 atom stereocenters. The summed E-state index contributed by atoms with van der Waals surface area (Å²) in [6, 6.07) is 12.7. The van der Waals surface area contributed by atoms with Crippen LogP contribution in [0.15, 0.2) is 36.4 Å². The minimum atomic E-state index is 0.520. The highest BCUT2D eigenvalue weighted by Crippen LogP contribution is 2.34. The van der Waals surface area contributed by atoms with Crippen molar-refractivity contribution in [3.63, 3.8) is 0 Å². The second kappa shape index (κ2) is 4.45. The van der Waals surface area contributed by atoms with Crippen LogP contribution < -0.4 is 0 Å². The molecule has 1 N–H and O–H groups in total. The van der Waals surface area contributed by atoms with E-state index in [0.29, 0.717) is 5.92 Å². The van der Waals surface area contributed by atoms with Crippen LogP contribution in [-0.4, -0.2) is 4.98 Å². The molecule has 0 spiro atoms. The van der Waals surface area contributed by atoms with Crippen LogP contribution in [0.5, 0.6) is 0 Å². The van der Waals surface area contributed by atoms with E-state index in [2.05, 4.69) is 49.2 Å². The van der Waals surface area contributed by atoms with Gasteiger partial charge in [-0.05, 0) is 29.7 Å². The maximum atomic E-state index is 6.00. The van der Waals surface area contributed by atoms with Gasteiger partial charge in [0.1, 0.15) is 0 Å². The summed E-state index contributed by atoms with van der Waals surface area (Å²) in [5, 5.41) is 1.26. The van der Waals surface area contributed by atoms with E-state index in [4.69, 9.17) is 11.6 Å². The number of thiophene rings is 1. The van der Waals surface area contributed by atoms with E-state index < -0.39 is 0 Å². The fourth-order valence-corrected chi connectivity index (χ4v) is 3.27. The Morgan fingerprint density at radius 2 is 2.00 bits per heavy atom. The minimum absolute atomic E-state index is 0.520. The van der Waals surface area contributed by atoms with Crippen LogP contribution >= 0.6 is 22.9 Å². The van der Waals surface area contributed by atoms with Gasteiger partial charge in [-0.25, -0.2) is 0 Å². The molecule has 2 aromatic heterocycles. The van der Waals surface area contributed by atoms with Crippen molar-refractivity contribution in [2.75, 3.05) is 0 Å². The van der Waals surface area contributed by atoms with Crippen molar-refractivity contribution in [2.24, 2.45) is 0 Å². The van der Waals surface area contributed by atoms with Crippen molar-refractivity contribution in [3.05, 3.63) is 46.3 Å². The van der Waals surface area contributed by atoms with Crippen LogP contribution in [0.3, 0.4) is 0 Å². The zero-order valence-electron chi connectivity index (χ0n) is 10.3. The lowest BCUT2D eigenvalue weighted by Crippen LogP contribution is -1.88. The van der Waals surface area contributed by atoms with Crippen molar-refractivity contribution in [2.45, 2.75) is 19.8 Å². The SMILES string of the molecule is CC(C)c1cccc2cc(-c3ccc(Cl)s3)[nH]c12. The van der Waals surface area contributed by atoms with Crippen molar-refractivity contribution in [1.82, 2.24) is 4.98 Å². The van der Waals surface area contributed by atoms with Crippen LogP contribution in [-0.2, 0) is 0 Å². The third kappa shape index (κ3) is 1.96. The summed E-state index contributed by atoms with van der Waals surface area (Å²) in [5.74, 6) is 0.520. The molecule has 0 saturated carbocycles. The highest BCUT2D eigenvalue weighted by atomic mass is 35.5. The molecule has 1 nitrogen and oxygen atoms in total. The summed E-state index contributed by atoms with van der Waals surface area (Å²) in [4.78, 5) is 4.71. The van der Waals surface area contributed by atoms with Crippen molar-refractivity contribution in [1.29, 1.82) is 0 Å². The first-order valence-corrected chi connectivity index (χ1v) is 7.22. The maximum absolute atomic E-state index is 6.00. The first kappa shape index (κ1) is 11.8. The summed E-state index contributed by atoms with van der Waals surface area (Å²) in [7, 11) is 0. The van der Waals surface area contributed by atoms with Gasteiger partial charge in [0.15, 0.2) is 0 Å². The highest BCUT2D eigenvalue weighted by Gasteiger charge is 2.10. The molecule has 92 valence electrons. The van der Waals surface area contributed by atoms with Crippen molar-refractivity contribution < 1.29 is 0 Å². The van der Waals surface area contributed by atoms with Crippen LogP contribution in [0.4, 0.5) is 0 Å². The molecule has 0 bridgehead atoms.